The number of carbonyl (C=O) groups is 1. The highest BCUT2D eigenvalue weighted by Crippen LogP contribution is 2.29. The van der Waals surface area contributed by atoms with E-state index in [0.717, 1.165) is 24.5 Å². The number of benzene rings is 2. The van der Waals surface area contributed by atoms with E-state index < -0.39 is 11.7 Å². The van der Waals surface area contributed by atoms with Crippen LogP contribution >= 0.6 is 0 Å². The zero-order valence-electron chi connectivity index (χ0n) is 15.0. The monoisotopic (exact) mass is 376 g/mol. The molecule has 2 aromatic rings. The third-order valence-electron chi connectivity index (χ3n) is 4.89. The minimum absolute atomic E-state index is 0.168. The molecule has 0 bridgehead atoms. The van der Waals surface area contributed by atoms with E-state index in [-0.39, 0.29) is 11.9 Å². The maximum atomic E-state index is 12.8. The number of alkyl halides is 3. The maximum absolute atomic E-state index is 12.8. The minimum Gasteiger partial charge on any atom is -0.335 e. The first-order valence-electron chi connectivity index (χ1n) is 9.14. The second-order valence-electron chi connectivity index (χ2n) is 6.86. The number of nitrogens with zero attached hydrogens (tertiary/aromatic N) is 1. The van der Waals surface area contributed by atoms with Gasteiger partial charge in [0.15, 0.2) is 0 Å². The third kappa shape index (κ3) is 5.32. The van der Waals surface area contributed by atoms with E-state index >= 15 is 0 Å². The van der Waals surface area contributed by atoms with Gasteiger partial charge in [0.1, 0.15) is 0 Å². The minimum atomic E-state index is -4.32. The first-order valence-corrected chi connectivity index (χ1v) is 9.14. The van der Waals surface area contributed by atoms with Crippen LogP contribution in [-0.2, 0) is 24.1 Å². The van der Waals surface area contributed by atoms with E-state index in [1.165, 1.54) is 12.1 Å². The average molecular weight is 376 g/mol. The Hall–Kier alpha value is -2.34. The molecule has 6 heteroatoms. The van der Waals surface area contributed by atoms with Gasteiger partial charge in [0.25, 0.3) is 0 Å². The fraction of sp³-hybridized carbons (Fsp3) is 0.381. The lowest BCUT2D eigenvalue weighted by Gasteiger charge is -2.25. The van der Waals surface area contributed by atoms with E-state index in [2.05, 4.69) is 5.32 Å². The van der Waals surface area contributed by atoms with Crippen LogP contribution < -0.4 is 5.32 Å². The van der Waals surface area contributed by atoms with Crippen LogP contribution in [0, 0.1) is 0 Å². The van der Waals surface area contributed by atoms with Gasteiger partial charge in [-0.3, -0.25) is 4.79 Å². The van der Waals surface area contributed by atoms with Crippen molar-refractivity contribution in [2.45, 2.75) is 44.6 Å². The molecule has 2 aromatic carbocycles. The van der Waals surface area contributed by atoms with Gasteiger partial charge in [-0.2, -0.15) is 13.2 Å². The largest absolute Gasteiger partial charge is 0.416 e. The van der Waals surface area contributed by atoms with Crippen LogP contribution in [0.4, 0.5) is 13.2 Å². The predicted molar refractivity (Wildman–Crippen MR) is 97.8 cm³/mol. The third-order valence-corrected chi connectivity index (χ3v) is 4.89. The molecule has 1 N–H and O–H groups in total. The molecule has 1 amide bonds. The molecule has 1 aliphatic heterocycles. The topological polar surface area (TPSA) is 32.3 Å². The van der Waals surface area contributed by atoms with Crippen molar-refractivity contribution in [3.63, 3.8) is 0 Å². The summed E-state index contributed by atoms with van der Waals surface area (Å²) in [5, 5.41) is 3.20. The highest BCUT2D eigenvalue weighted by Gasteiger charge is 2.31. The maximum Gasteiger partial charge on any atom is 0.416 e. The Balaban J connectivity index is 1.49. The van der Waals surface area contributed by atoms with Crippen LogP contribution in [0.25, 0.3) is 0 Å². The molecule has 0 spiro atoms. The zero-order chi connectivity index (χ0) is 19.3. The van der Waals surface area contributed by atoms with E-state index in [1.54, 1.807) is 6.07 Å². The molecule has 1 aliphatic rings. The number of rotatable bonds is 7. The number of hydrogen-bond acceptors (Lipinski definition) is 2. The Labute approximate surface area is 157 Å². The summed E-state index contributed by atoms with van der Waals surface area (Å²) in [5.41, 5.74) is 1.08. The first kappa shape index (κ1) is 19.4. The van der Waals surface area contributed by atoms with Gasteiger partial charge in [0.05, 0.1) is 5.56 Å². The summed E-state index contributed by atoms with van der Waals surface area (Å²) in [6.45, 7) is 1.64. The van der Waals surface area contributed by atoms with E-state index in [0.29, 0.717) is 31.6 Å². The summed E-state index contributed by atoms with van der Waals surface area (Å²) in [7, 11) is 0. The second kappa shape index (κ2) is 8.57. The number of likely N-dealkylation sites (tertiary alicyclic amines) is 1. The lowest BCUT2D eigenvalue weighted by Crippen LogP contribution is -2.34. The van der Waals surface area contributed by atoms with Crippen molar-refractivity contribution in [1.29, 1.82) is 0 Å². The second-order valence-corrected chi connectivity index (χ2v) is 6.86. The van der Waals surface area contributed by atoms with Gasteiger partial charge in [-0.15, -0.1) is 0 Å². The first-order chi connectivity index (χ1) is 12.9. The summed E-state index contributed by atoms with van der Waals surface area (Å²) < 4.78 is 38.3. The molecule has 0 aromatic heterocycles. The van der Waals surface area contributed by atoms with Crippen molar-refractivity contribution < 1.29 is 18.0 Å². The highest BCUT2D eigenvalue weighted by molar-refractivity contribution is 5.78. The standard InChI is InChI=1S/C21H23F3N2O/c22-21(23,24)18-8-4-7-17(13-18)14-25-12-11-19-9-10-20(27)26(19)15-16-5-2-1-3-6-16/h1-8,13,19,25H,9-12,14-15H2. The van der Waals surface area contributed by atoms with E-state index in [4.69, 9.17) is 0 Å². The van der Waals surface area contributed by atoms with Gasteiger partial charge >= 0.3 is 6.18 Å². The Kier molecular flexibility index (Phi) is 6.16. The molecule has 3 nitrogen and oxygen atoms in total. The average Bonchev–Trinajstić information content (AvgIpc) is 2.99. The van der Waals surface area contributed by atoms with Crippen LogP contribution in [0.1, 0.15) is 36.0 Å². The van der Waals surface area contributed by atoms with Gasteiger partial charge < -0.3 is 10.2 Å². The molecule has 1 unspecified atom stereocenters. The van der Waals surface area contributed by atoms with Crippen molar-refractivity contribution >= 4 is 5.91 Å². The van der Waals surface area contributed by atoms with Crippen LogP contribution in [-0.4, -0.2) is 23.4 Å². The Morgan fingerprint density at radius 3 is 2.52 bits per heavy atom. The van der Waals surface area contributed by atoms with Crippen molar-refractivity contribution in [3.8, 4) is 0 Å². The number of amides is 1. The Bertz CT molecular complexity index is 762. The predicted octanol–water partition coefficient (Wildman–Crippen LogP) is 4.38. The molecule has 27 heavy (non-hydrogen) atoms. The van der Waals surface area contributed by atoms with Crippen LogP contribution in [0.2, 0.25) is 0 Å². The van der Waals surface area contributed by atoms with E-state index in [9.17, 15) is 18.0 Å². The lowest BCUT2D eigenvalue weighted by molar-refractivity contribution is -0.137. The molecule has 1 heterocycles. The quantitative estimate of drug-likeness (QED) is 0.728. The normalized spacial score (nSPS) is 17.5. The summed E-state index contributed by atoms with van der Waals surface area (Å²) in [6.07, 6.45) is -2.14. The number of nitrogens with one attached hydrogen (secondary N) is 1. The summed E-state index contributed by atoms with van der Waals surface area (Å²) >= 11 is 0. The van der Waals surface area contributed by atoms with Crippen LogP contribution in [0.5, 0.6) is 0 Å². The summed E-state index contributed by atoms with van der Waals surface area (Å²) in [6, 6.07) is 15.4. The van der Waals surface area contributed by atoms with Crippen molar-refractivity contribution in [2.24, 2.45) is 0 Å². The molecule has 144 valence electrons. The molecule has 1 saturated heterocycles. The van der Waals surface area contributed by atoms with Gasteiger partial charge in [0, 0.05) is 25.6 Å². The van der Waals surface area contributed by atoms with Crippen LogP contribution in [0.15, 0.2) is 54.6 Å². The number of halogens is 3. The number of carbonyl (C=O) groups excluding carboxylic acids is 1. The molecule has 0 saturated carbocycles. The molecular formula is C21H23F3N2O. The van der Waals surface area contributed by atoms with E-state index in [1.807, 2.05) is 35.2 Å². The SMILES string of the molecule is O=C1CCC(CCNCc2cccc(C(F)(F)F)c2)N1Cc1ccccc1. The zero-order valence-corrected chi connectivity index (χ0v) is 15.0. The summed E-state index contributed by atoms with van der Waals surface area (Å²) in [5.74, 6) is 0.168. The van der Waals surface area contributed by atoms with Crippen molar-refractivity contribution in [1.82, 2.24) is 10.2 Å². The molecular weight excluding hydrogens is 353 g/mol. The van der Waals surface area contributed by atoms with Gasteiger partial charge in [-0.1, -0.05) is 48.5 Å². The Morgan fingerprint density at radius 1 is 1.04 bits per heavy atom. The Morgan fingerprint density at radius 2 is 1.78 bits per heavy atom. The molecule has 1 fully saturated rings. The fourth-order valence-corrected chi connectivity index (χ4v) is 3.45. The lowest BCUT2D eigenvalue weighted by atomic mass is 10.1. The van der Waals surface area contributed by atoms with Gasteiger partial charge in [0.2, 0.25) is 5.91 Å². The van der Waals surface area contributed by atoms with Crippen LogP contribution in [0.3, 0.4) is 0 Å². The fourth-order valence-electron chi connectivity index (χ4n) is 3.45. The van der Waals surface area contributed by atoms with Gasteiger partial charge in [-0.05, 0) is 36.6 Å². The number of hydrogen-bond donors (Lipinski definition) is 1. The molecule has 0 radical (unpaired) electrons. The van der Waals surface area contributed by atoms with Gasteiger partial charge in [-0.25, -0.2) is 0 Å². The highest BCUT2D eigenvalue weighted by atomic mass is 19.4. The summed E-state index contributed by atoms with van der Waals surface area (Å²) in [4.78, 5) is 14.1. The van der Waals surface area contributed by atoms with Crippen molar-refractivity contribution in [2.75, 3.05) is 6.54 Å². The molecule has 3 rings (SSSR count). The smallest absolute Gasteiger partial charge is 0.335 e. The molecule has 0 aliphatic carbocycles. The molecule has 1 atom stereocenters. The van der Waals surface area contributed by atoms with Crippen molar-refractivity contribution in [3.05, 3.63) is 71.3 Å².